The monoisotopic (exact) mass is 684 g/mol. The van der Waals surface area contributed by atoms with Gasteiger partial charge in [-0.15, -0.1) is 0 Å². The first kappa shape index (κ1) is 33.5. The average Bonchev–Trinajstić information content (AvgIpc) is 3.14. The number of carbonyl (C=O) groups is 3. The summed E-state index contributed by atoms with van der Waals surface area (Å²) in [6.45, 7) is 5.73. The summed E-state index contributed by atoms with van der Waals surface area (Å²) in [7, 11) is 0. The number of amides is 3. The molecule has 0 aliphatic carbocycles. The zero-order chi connectivity index (χ0) is 35.3. The lowest BCUT2D eigenvalue weighted by atomic mass is 9.89. The largest absolute Gasteiger partial charge is 0.369 e. The number of aryl methyl sites for hydroxylation is 1. The van der Waals surface area contributed by atoms with Gasteiger partial charge in [-0.3, -0.25) is 29.6 Å². The number of carbonyl (C=O) groups excluding carboxylic acids is 3. The topological polar surface area (TPSA) is 132 Å². The summed E-state index contributed by atoms with van der Waals surface area (Å²) in [6.07, 6.45) is 5.69. The molecular formula is C39H37FN8O3. The van der Waals surface area contributed by atoms with Crippen molar-refractivity contribution in [3.05, 3.63) is 126 Å². The third-order valence-corrected chi connectivity index (χ3v) is 9.31. The van der Waals surface area contributed by atoms with Gasteiger partial charge in [-0.05, 0) is 85.1 Å². The molecule has 12 heteroatoms. The van der Waals surface area contributed by atoms with E-state index in [-0.39, 0.29) is 18.2 Å². The van der Waals surface area contributed by atoms with Gasteiger partial charge in [0, 0.05) is 91.5 Å². The van der Waals surface area contributed by atoms with E-state index < -0.39 is 17.6 Å². The van der Waals surface area contributed by atoms with Crippen LogP contribution in [0.25, 0.3) is 11.3 Å². The highest BCUT2D eigenvalue weighted by Gasteiger charge is 2.30. The van der Waals surface area contributed by atoms with Crippen molar-refractivity contribution in [1.29, 1.82) is 0 Å². The molecule has 3 N–H and O–H groups in total. The maximum Gasteiger partial charge on any atom is 0.255 e. The second-order valence-corrected chi connectivity index (χ2v) is 12.8. The fourth-order valence-corrected chi connectivity index (χ4v) is 6.44. The molecule has 2 aliphatic rings. The van der Waals surface area contributed by atoms with Gasteiger partial charge in [-0.25, -0.2) is 14.4 Å². The molecular weight excluding hydrogens is 647 g/mol. The van der Waals surface area contributed by atoms with Crippen LogP contribution in [0.1, 0.15) is 45.8 Å². The first-order valence-electron chi connectivity index (χ1n) is 16.9. The Morgan fingerprint density at radius 3 is 2.53 bits per heavy atom. The summed E-state index contributed by atoms with van der Waals surface area (Å²) in [6, 6.07) is 23.9. The fraction of sp³-hybridized carbons (Fsp3) is 0.231. The van der Waals surface area contributed by atoms with E-state index in [1.54, 1.807) is 24.7 Å². The zero-order valence-electron chi connectivity index (χ0n) is 28.1. The van der Waals surface area contributed by atoms with Crippen molar-refractivity contribution >= 4 is 40.7 Å². The van der Waals surface area contributed by atoms with Gasteiger partial charge in [0.15, 0.2) is 0 Å². The molecule has 7 rings (SSSR count). The van der Waals surface area contributed by atoms with E-state index in [0.717, 1.165) is 59.9 Å². The van der Waals surface area contributed by atoms with E-state index in [0.29, 0.717) is 35.7 Å². The predicted octanol–water partition coefficient (Wildman–Crippen LogP) is 5.82. The second-order valence-electron chi connectivity index (χ2n) is 12.8. The van der Waals surface area contributed by atoms with Gasteiger partial charge >= 0.3 is 0 Å². The first-order chi connectivity index (χ1) is 24.8. The number of piperazine rings is 1. The molecule has 1 atom stereocenters. The van der Waals surface area contributed by atoms with Crippen molar-refractivity contribution in [2.75, 3.05) is 41.7 Å². The molecule has 51 heavy (non-hydrogen) atoms. The number of nitrogens with one attached hydrogen (secondary N) is 3. The van der Waals surface area contributed by atoms with E-state index >= 15 is 4.39 Å². The van der Waals surface area contributed by atoms with Crippen LogP contribution in [0.5, 0.6) is 0 Å². The quantitative estimate of drug-likeness (QED) is 0.164. The zero-order valence-corrected chi connectivity index (χ0v) is 28.1. The SMILES string of the molecule is Cc1ccc(NC(=O)c2ccc(N3CCN(Cc4ccc(C5CCC(=O)NC5=O)c(F)c4)CC3)cc2)cc1Nc1nccc(-c2cccnc2)n1. The average molecular weight is 685 g/mol. The minimum atomic E-state index is -0.640. The second kappa shape index (κ2) is 14.9. The number of anilines is 4. The van der Waals surface area contributed by atoms with Crippen molar-refractivity contribution in [2.45, 2.75) is 32.2 Å². The van der Waals surface area contributed by atoms with Gasteiger partial charge in [0.1, 0.15) is 5.82 Å². The predicted molar refractivity (Wildman–Crippen MR) is 193 cm³/mol. The minimum Gasteiger partial charge on any atom is -0.369 e. The summed E-state index contributed by atoms with van der Waals surface area (Å²) in [5, 5.41) is 8.57. The number of nitrogens with zero attached hydrogens (tertiary/aromatic N) is 5. The van der Waals surface area contributed by atoms with E-state index in [1.807, 2.05) is 73.7 Å². The maximum absolute atomic E-state index is 15.0. The highest BCUT2D eigenvalue weighted by Crippen LogP contribution is 2.29. The molecule has 0 spiro atoms. The van der Waals surface area contributed by atoms with Crippen LogP contribution in [0, 0.1) is 12.7 Å². The van der Waals surface area contributed by atoms with Gasteiger partial charge in [0.05, 0.1) is 11.6 Å². The van der Waals surface area contributed by atoms with E-state index in [1.165, 1.54) is 6.07 Å². The van der Waals surface area contributed by atoms with Gasteiger partial charge in [0.2, 0.25) is 17.8 Å². The molecule has 3 aromatic carbocycles. The van der Waals surface area contributed by atoms with Gasteiger partial charge in [0.25, 0.3) is 5.91 Å². The molecule has 2 aromatic heterocycles. The minimum absolute atomic E-state index is 0.214. The van der Waals surface area contributed by atoms with Gasteiger partial charge < -0.3 is 15.5 Å². The standard InChI is InChI=1S/C39H37FN8O3/c1-25-4-8-29(22-35(25)45-39-42-16-14-34(44-39)28-3-2-15-41-23-28)43-37(50)27-6-9-30(10-7-27)48-19-17-47(18-20-48)24-26-5-11-31(33(40)21-26)32-12-13-36(49)46-38(32)51/h2-11,14-16,21-23,32H,12-13,17-20,24H2,1H3,(H,43,50)(H,42,44,45)(H,46,49,51). The van der Waals surface area contributed by atoms with Crippen LogP contribution in [0.4, 0.5) is 27.4 Å². The summed E-state index contributed by atoms with van der Waals surface area (Å²) in [4.78, 5) is 54.6. The molecule has 5 aromatic rings. The summed E-state index contributed by atoms with van der Waals surface area (Å²) < 4.78 is 15.0. The number of rotatable bonds is 9. The Bertz CT molecular complexity index is 2070. The molecule has 2 saturated heterocycles. The van der Waals surface area contributed by atoms with Gasteiger partial charge in [-0.2, -0.15) is 0 Å². The molecule has 0 bridgehead atoms. The molecule has 0 radical (unpaired) electrons. The normalized spacial score (nSPS) is 16.4. The van der Waals surface area contributed by atoms with Crippen molar-refractivity contribution < 1.29 is 18.8 Å². The molecule has 258 valence electrons. The number of hydrogen-bond donors (Lipinski definition) is 3. The lowest BCUT2D eigenvalue weighted by Gasteiger charge is -2.36. The summed E-state index contributed by atoms with van der Waals surface area (Å²) in [5.41, 5.74) is 6.78. The molecule has 1 unspecified atom stereocenters. The van der Waals surface area contributed by atoms with E-state index in [4.69, 9.17) is 0 Å². The molecule has 2 fully saturated rings. The van der Waals surface area contributed by atoms with E-state index in [9.17, 15) is 14.4 Å². The Hall–Kier alpha value is -6.01. The van der Waals surface area contributed by atoms with Crippen molar-refractivity contribution in [1.82, 2.24) is 25.2 Å². The lowest BCUT2D eigenvalue weighted by Crippen LogP contribution is -2.46. The Labute approximate surface area is 295 Å². The number of hydrogen-bond acceptors (Lipinski definition) is 9. The lowest BCUT2D eigenvalue weighted by molar-refractivity contribution is -0.134. The maximum atomic E-state index is 15.0. The van der Waals surface area contributed by atoms with E-state index in [2.05, 4.69) is 40.7 Å². The van der Waals surface area contributed by atoms with Crippen molar-refractivity contribution in [2.24, 2.45) is 0 Å². The molecule has 0 saturated carbocycles. The van der Waals surface area contributed by atoms with Crippen LogP contribution in [-0.2, 0) is 16.1 Å². The summed E-state index contributed by atoms with van der Waals surface area (Å²) >= 11 is 0. The molecule has 4 heterocycles. The van der Waals surface area contributed by atoms with Crippen LogP contribution in [0.15, 0.2) is 97.5 Å². The van der Waals surface area contributed by atoms with Crippen LogP contribution in [-0.4, -0.2) is 63.8 Å². The van der Waals surface area contributed by atoms with Crippen LogP contribution in [0.3, 0.4) is 0 Å². The Balaban J connectivity index is 0.920. The Kier molecular flexibility index (Phi) is 9.75. The third-order valence-electron chi connectivity index (χ3n) is 9.31. The van der Waals surface area contributed by atoms with Crippen LogP contribution >= 0.6 is 0 Å². The molecule has 11 nitrogen and oxygen atoms in total. The number of halogens is 1. The van der Waals surface area contributed by atoms with Crippen molar-refractivity contribution in [3.8, 4) is 11.3 Å². The van der Waals surface area contributed by atoms with Crippen molar-refractivity contribution in [3.63, 3.8) is 0 Å². The smallest absolute Gasteiger partial charge is 0.255 e. The highest BCUT2D eigenvalue weighted by atomic mass is 19.1. The fourth-order valence-electron chi connectivity index (χ4n) is 6.44. The number of piperidine rings is 1. The highest BCUT2D eigenvalue weighted by molar-refractivity contribution is 6.04. The third kappa shape index (κ3) is 7.92. The van der Waals surface area contributed by atoms with Gasteiger partial charge in [-0.1, -0.05) is 18.2 Å². The number of imide groups is 1. The van der Waals surface area contributed by atoms with Crippen LogP contribution < -0.4 is 20.9 Å². The molecule has 2 aliphatic heterocycles. The number of pyridine rings is 1. The molecule has 3 amide bonds. The number of aromatic nitrogens is 3. The number of benzene rings is 3. The summed E-state index contributed by atoms with van der Waals surface area (Å²) in [5.74, 6) is -1.58. The van der Waals surface area contributed by atoms with Crippen LogP contribution in [0.2, 0.25) is 0 Å². The Morgan fingerprint density at radius 1 is 0.961 bits per heavy atom. The Morgan fingerprint density at radius 2 is 1.78 bits per heavy atom. The first-order valence-corrected chi connectivity index (χ1v) is 16.9.